The van der Waals surface area contributed by atoms with Gasteiger partial charge in [-0.1, -0.05) is 6.08 Å². The van der Waals surface area contributed by atoms with Crippen molar-refractivity contribution in [1.29, 1.82) is 0 Å². The lowest BCUT2D eigenvalue weighted by molar-refractivity contribution is -0.148. The van der Waals surface area contributed by atoms with Crippen LogP contribution in [0.2, 0.25) is 0 Å². The second-order valence-electron chi connectivity index (χ2n) is 5.91. The van der Waals surface area contributed by atoms with E-state index in [4.69, 9.17) is 9.47 Å². The smallest absolute Gasteiger partial charge is 0.411 e. The van der Waals surface area contributed by atoms with Crippen LogP contribution >= 0.6 is 0 Å². The minimum Gasteiger partial charge on any atom is -0.464 e. The fraction of sp³-hybridized carbons (Fsp3) is 0.733. The van der Waals surface area contributed by atoms with Gasteiger partial charge < -0.3 is 9.47 Å². The lowest BCUT2D eigenvalue weighted by atomic mass is 10.1. The molecule has 1 amide bonds. The molecule has 0 aliphatic carbocycles. The Kier molecular flexibility index (Phi) is 5.60. The van der Waals surface area contributed by atoms with Crippen molar-refractivity contribution in [2.75, 3.05) is 6.61 Å². The number of hydrogen-bond donors (Lipinski definition) is 0. The van der Waals surface area contributed by atoms with E-state index in [1.807, 2.05) is 20.8 Å². The van der Waals surface area contributed by atoms with Gasteiger partial charge >= 0.3 is 12.1 Å². The summed E-state index contributed by atoms with van der Waals surface area (Å²) in [4.78, 5) is 25.8. The molecule has 114 valence electrons. The number of amides is 1. The van der Waals surface area contributed by atoms with Crippen LogP contribution in [0.15, 0.2) is 12.7 Å². The maximum atomic E-state index is 12.3. The van der Waals surface area contributed by atoms with Crippen molar-refractivity contribution in [3.8, 4) is 0 Å². The van der Waals surface area contributed by atoms with Gasteiger partial charge in [-0.2, -0.15) is 0 Å². The third-order valence-corrected chi connectivity index (χ3v) is 3.10. The van der Waals surface area contributed by atoms with Crippen molar-refractivity contribution < 1.29 is 19.1 Å². The number of ether oxygens (including phenoxy) is 2. The fourth-order valence-electron chi connectivity index (χ4n) is 2.37. The zero-order valence-electron chi connectivity index (χ0n) is 12.8. The average Bonchev–Trinajstić information content (AvgIpc) is 2.71. The minimum absolute atomic E-state index is 0.0447. The van der Waals surface area contributed by atoms with Crippen LogP contribution in [0, 0.1) is 0 Å². The highest BCUT2D eigenvalue weighted by Gasteiger charge is 2.43. The van der Waals surface area contributed by atoms with Gasteiger partial charge in [0.1, 0.15) is 11.6 Å². The van der Waals surface area contributed by atoms with E-state index in [0.717, 1.165) is 6.42 Å². The highest BCUT2D eigenvalue weighted by molar-refractivity contribution is 5.82. The van der Waals surface area contributed by atoms with Gasteiger partial charge in [0.05, 0.1) is 6.61 Å². The number of hydrogen-bond acceptors (Lipinski definition) is 4. The van der Waals surface area contributed by atoms with E-state index in [1.165, 1.54) is 4.90 Å². The minimum atomic E-state index is -0.586. The Labute approximate surface area is 120 Å². The van der Waals surface area contributed by atoms with Crippen LogP contribution in [0.1, 0.15) is 47.0 Å². The molecule has 0 radical (unpaired) electrons. The first-order valence-corrected chi connectivity index (χ1v) is 7.09. The van der Waals surface area contributed by atoms with E-state index < -0.39 is 17.7 Å². The molecule has 1 saturated heterocycles. The Hall–Kier alpha value is -1.52. The maximum absolute atomic E-state index is 12.3. The zero-order valence-corrected chi connectivity index (χ0v) is 12.8. The maximum Gasteiger partial charge on any atom is 0.411 e. The number of nitrogens with zero attached hydrogens (tertiary/aromatic N) is 1. The summed E-state index contributed by atoms with van der Waals surface area (Å²) in [6.45, 7) is 11.2. The molecule has 5 nitrogen and oxygen atoms in total. The molecular formula is C15H25NO4. The van der Waals surface area contributed by atoms with Crippen molar-refractivity contribution in [2.45, 2.75) is 64.6 Å². The van der Waals surface area contributed by atoms with Crippen molar-refractivity contribution in [2.24, 2.45) is 0 Å². The van der Waals surface area contributed by atoms with E-state index in [1.54, 1.807) is 13.0 Å². The number of esters is 1. The Morgan fingerprint density at radius 3 is 2.50 bits per heavy atom. The molecule has 2 atom stereocenters. The van der Waals surface area contributed by atoms with Crippen LogP contribution in [0.25, 0.3) is 0 Å². The largest absolute Gasteiger partial charge is 0.464 e. The molecule has 5 heteroatoms. The number of rotatable bonds is 4. The molecule has 1 rings (SSSR count). The van der Waals surface area contributed by atoms with E-state index in [2.05, 4.69) is 6.58 Å². The van der Waals surface area contributed by atoms with Crippen molar-refractivity contribution in [3.05, 3.63) is 12.7 Å². The molecule has 1 unspecified atom stereocenters. The Balaban J connectivity index is 2.87. The second-order valence-corrected chi connectivity index (χ2v) is 5.91. The van der Waals surface area contributed by atoms with E-state index >= 15 is 0 Å². The quantitative estimate of drug-likeness (QED) is 0.588. The summed E-state index contributed by atoms with van der Waals surface area (Å²) < 4.78 is 10.5. The predicted octanol–water partition coefficient (Wildman–Crippen LogP) is 2.89. The molecule has 0 spiro atoms. The van der Waals surface area contributed by atoms with Crippen molar-refractivity contribution >= 4 is 12.1 Å². The molecule has 0 aromatic heterocycles. The number of carbonyl (C=O) groups excluding carboxylic acids is 2. The molecule has 0 bridgehead atoms. The first-order valence-electron chi connectivity index (χ1n) is 7.09. The lowest BCUT2D eigenvalue weighted by Crippen LogP contribution is -2.47. The molecule has 1 aliphatic rings. The SMILES string of the molecule is C=CCC1CC[C@H](C(=O)OCC)N1C(=O)OC(C)(C)C. The van der Waals surface area contributed by atoms with Gasteiger partial charge in [-0.3, -0.25) is 4.90 Å². The highest BCUT2D eigenvalue weighted by atomic mass is 16.6. The third kappa shape index (κ3) is 4.25. The zero-order chi connectivity index (χ0) is 15.3. The summed E-state index contributed by atoms with van der Waals surface area (Å²) in [5, 5.41) is 0. The molecule has 20 heavy (non-hydrogen) atoms. The second kappa shape index (κ2) is 6.77. The molecule has 0 aromatic rings. The molecule has 1 aliphatic heterocycles. The van der Waals surface area contributed by atoms with Gasteiger partial charge in [0.25, 0.3) is 0 Å². The topological polar surface area (TPSA) is 55.8 Å². The lowest BCUT2D eigenvalue weighted by Gasteiger charge is -2.31. The number of likely N-dealkylation sites (tertiary alicyclic amines) is 1. The molecule has 0 aromatic carbocycles. The normalized spacial score (nSPS) is 22.5. The summed E-state index contributed by atoms with van der Waals surface area (Å²) in [5.74, 6) is -0.357. The Morgan fingerprint density at radius 2 is 2.00 bits per heavy atom. The standard InChI is InChI=1S/C15H25NO4/c1-6-8-11-9-10-12(13(17)19-7-2)16(11)14(18)20-15(3,4)5/h6,11-12H,1,7-10H2,2-5H3/t11?,12-/m1/s1. The van der Waals surface area contributed by atoms with Crippen molar-refractivity contribution in [3.63, 3.8) is 0 Å². The molecule has 0 saturated carbocycles. The average molecular weight is 283 g/mol. The summed E-state index contributed by atoms with van der Waals surface area (Å²) in [7, 11) is 0. The summed E-state index contributed by atoms with van der Waals surface area (Å²) in [6.07, 6.45) is 3.32. The third-order valence-electron chi connectivity index (χ3n) is 3.10. The first-order chi connectivity index (χ1) is 9.30. The molecular weight excluding hydrogens is 258 g/mol. The molecule has 0 N–H and O–H groups in total. The van der Waals surface area contributed by atoms with Crippen LogP contribution in [-0.2, 0) is 14.3 Å². The molecule has 1 fully saturated rings. The van der Waals surface area contributed by atoms with Crippen LogP contribution in [0.4, 0.5) is 4.79 Å². The number of carbonyl (C=O) groups is 2. The summed E-state index contributed by atoms with van der Waals surface area (Å²) in [6, 6.07) is -0.591. The van der Waals surface area contributed by atoms with E-state index in [-0.39, 0.29) is 12.0 Å². The van der Waals surface area contributed by atoms with E-state index in [0.29, 0.717) is 19.4 Å². The van der Waals surface area contributed by atoms with Crippen LogP contribution in [-0.4, -0.2) is 41.3 Å². The van der Waals surface area contributed by atoms with Crippen LogP contribution in [0.5, 0.6) is 0 Å². The van der Waals surface area contributed by atoms with Crippen LogP contribution in [0.3, 0.4) is 0 Å². The monoisotopic (exact) mass is 283 g/mol. The highest BCUT2D eigenvalue weighted by Crippen LogP contribution is 2.29. The van der Waals surface area contributed by atoms with Gasteiger partial charge in [-0.05, 0) is 47.0 Å². The Bertz CT molecular complexity index is 373. The summed E-state index contributed by atoms with van der Waals surface area (Å²) >= 11 is 0. The predicted molar refractivity (Wildman–Crippen MR) is 76.3 cm³/mol. The van der Waals surface area contributed by atoms with Gasteiger partial charge in [0, 0.05) is 6.04 Å². The van der Waals surface area contributed by atoms with Gasteiger partial charge in [0.15, 0.2) is 0 Å². The summed E-state index contributed by atoms with van der Waals surface area (Å²) in [5.41, 5.74) is -0.586. The molecule has 1 heterocycles. The fourth-order valence-corrected chi connectivity index (χ4v) is 2.37. The van der Waals surface area contributed by atoms with Gasteiger partial charge in [-0.15, -0.1) is 6.58 Å². The Morgan fingerprint density at radius 1 is 1.35 bits per heavy atom. The van der Waals surface area contributed by atoms with Gasteiger partial charge in [-0.25, -0.2) is 9.59 Å². The van der Waals surface area contributed by atoms with E-state index in [9.17, 15) is 9.59 Å². The van der Waals surface area contributed by atoms with Crippen LogP contribution < -0.4 is 0 Å². The first kappa shape index (κ1) is 16.5. The van der Waals surface area contributed by atoms with Gasteiger partial charge in [0.2, 0.25) is 0 Å². The van der Waals surface area contributed by atoms with Crippen molar-refractivity contribution in [1.82, 2.24) is 4.90 Å².